The number of methoxy groups -OCH3 is 2. The van der Waals surface area contributed by atoms with Gasteiger partial charge in [0.15, 0.2) is 11.5 Å². The maximum atomic E-state index is 10.0. The van der Waals surface area contributed by atoms with Crippen LogP contribution in [0, 0.1) is 6.92 Å². The quantitative estimate of drug-likeness (QED) is 0.916. The van der Waals surface area contributed by atoms with E-state index >= 15 is 0 Å². The first-order chi connectivity index (χ1) is 10.2. The normalized spacial score (nSPS) is 12.7. The minimum atomic E-state index is 0.267. The third-order valence-corrected chi connectivity index (χ3v) is 3.90. The second kappa shape index (κ2) is 5.20. The van der Waals surface area contributed by atoms with Gasteiger partial charge in [0.25, 0.3) is 0 Å². The molecule has 0 fully saturated rings. The number of ether oxygens (including phenoxy) is 3. The zero-order valence-electron chi connectivity index (χ0n) is 12.4. The Hall–Kier alpha value is -2.36. The predicted molar refractivity (Wildman–Crippen MR) is 79.9 cm³/mol. The summed E-state index contributed by atoms with van der Waals surface area (Å²) in [5.41, 5.74) is 2.75. The van der Waals surface area contributed by atoms with E-state index in [0.717, 1.165) is 28.9 Å². The Bertz CT molecular complexity index is 692. The predicted octanol–water partition coefficient (Wildman–Crippen LogP) is 3.61. The number of benzene rings is 2. The molecule has 0 atom stereocenters. The molecule has 1 heterocycles. The van der Waals surface area contributed by atoms with Crippen molar-refractivity contribution in [3.05, 3.63) is 41.0 Å². The summed E-state index contributed by atoms with van der Waals surface area (Å²) in [5.74, 6) is 3.12. The summed E-state index contributed by atoms with van der Waals surface area (Å²) in [5, 5.41) is 10.0. The minimum Gasteiger partial charge on any atom is -0.508 e. The highest BCUT2D eigenvalue weighted by atomic mass is 16.5. The molecule has 3 rings (SSSR count). The van der Waals surface area contributed by atoms with Gasteiger partial charge in [-0.15, -0.1) is 0 Å². The fourth-order valence-corrected chi connectivity index (χ4v) is 2.79. The van der Waals surface area contributed by atoms with E-state index in [9.17, 15) is 5.11 Å². The third-order valence-electron chi connectivity index (χ3n) is 3.90. The van der Waals surface area contributed by atoms with Gasteiger partial charge >= 0.3 is 0 Å². The zero-order chi connectivity index (χ0) is 15.0. The van der Waals surface area contributed by atoms with Gasteiger partial charge in [0.2, 0.25) is 0 Å². The average Bonchev–Trinajstić information content (AvgIpc) is 2.66. The van der Waals surface area contributed by atoms with E-state index in [4.69, 9.17) is 14.2 Å². The Morgan fingerprint density at radius 3 is 2.67 bits per heavy atom. The Morgan fingerprint density at radius 1 is 1.14 bits per heavy atom. The summed E-state index contributed by atoms with van der Waals surface area (Å²) in [7, 11) is 3.27. The van der Waals surface area contributed by atoms with Crippen molar-refractivity contribution < 1.29 is 19.3 Å². The summed E-state index contributed by atoms with van der Waals surface area (Å²) in [6.07, 6.45) is 1.47. The highest BCUT2D eigenvalue weighted by molar-refractivity contribution is 5.61. The second-order valence-corrected chi connectivity index (χ2v) is 5.08. The van der Waals surface area contributed by atoms with Crippen molar-refractivity contribution in [3.63, 3.8) is 0 Å². The summed E-state index contributed by atoms with van der Waals surface area (Å²) in [4.78, 5) is 0. The molecule has 4 nitrogen and oxygen atoms in total. The van der Waals surface area contributed by atoms with Crippen LogP contribution in [0.1, 0.15) is 16.7 Å². The van der Waals surface area contributed by atoms with Gasteiger partial charge in [0, 0.05) is 16.7 Å². The Balaban J connectivity index is 2.18. The molecule has 4 heteroatoms. The smallest absolute Gasteiger partial charge is 0.173 e. The molecule has 1 N–H and O–H groups in total. The van der Waals surface area contributed by atoms with Gasteiger partial charge in [-0.3, -0.25) is 0 Å². The number of aromatic hydroxyl groups is 1. The van der Waals surface area contributed by atoms with Crippen molar-refractivity contribution in [2.45, 2.75) is 19.8 Å². The van der Waals surface area contributed by atoms with Crippen LogP contribution in [0.3, 0.4) is 0 Å². The van der Waals surface area contributed by atoms with E-state index < -0.39 is 0 Å². The lowest BCUT2D eigenvalue weighted by atomic mass is 10.0. The van der Waals surface area contributed by atoms with Gasteiger partial charge in [-0.1, -0.05) is 6.07 Å². The molecule has 21 heavy (non-hydrogen) atoms. The van der Waals surface area contributed by atoms with Crippen molar-refractivity contribution >= 4 is 0 Å². The summed E-state index contributed by atoms with van der Waals surface area (Å²) >= 11 is 0. The number of aryl methyl sites for hydroxylation is 1. The molecule has 0 radical (unpaired) electrons. The Kier molecular flexibility index (Phi) is 3.37. The molecule has 0 amide bonds. The number of hydrogen-bond acceptors (Lipinski definition) is 4. The monoisotopic (exact) mass is 286 g/mol. The van der Waals surface area contributed by atoms with Gasteiger partial charge < -0.3 is 19.3 Å². The Morgan fingerprint density at radius 2 is 1.95 bits per heavy atom. The van der Waals surface area contributed by atoms with Crippen LogP contribution in [0.25, 0.3) is 0 Å². The van der Waals surface area contributed by atoms with Crippen LogP contribution in [-0.2, 0) is 12.8 Å². The first kappa shape index (κ1) is 13.6. The van der Waals surface area contributed by atoms with Crippen LogP contribution in [-0.4, -0.2) is 19.3 Å². The highest BCUT2D eigenvalue weighted by Crippen LogP contribution is 2.46. The van der Waals surface area contributed by atoms with Crippen LogP contribution in [0.15, 0.2) is 24.3 Å². The lowest BCUT2D eigenvalue weighted by Gasteiger charge is -2.17. The fourth-order valence-electron chi connectivity index (χ4n) is 2.79. The number of rotatable bonds is 2. The van der Waals surface area contributed by atoms with Crippen LogP contribution >= 0.6 is 0 Å². The van der Waals surface area contributed by atoms with Crippen molar-refractivity contribution in [3.8, 4) is 28.7 Å². The molecule has 0 saturated heterocycles. The average molecular weight is 286 g/mol. The van der Waals surface area contributed by atoms with Crippen LogP contribution in [0.4, 0.5) is 0 Å². The molecule has 0 saturated carbocycles. The molecule has 2 aromatic carbocycles. The number of phenols is 1. The number of hydrogen-bond donors (Lipinski definition) is 1. The lowest BCUT2D eigenvalue weighted by molar-refractivity contribution is 0.362. The Labute approximate surface area is 123 Å². The van der Waals surface area contributed by atoms with Gasteiger partial charge in [-0.2, -0.15) is 0 Å². The molecule has 0 aromatic heterocycles. The summed E-state index contributed by atoms with van der Waals surface area (Å²) in [6.45, 7) is 1.94. The van der Waals surface area contributed by atoms with Gasteiger partial charge in [-0.25, -0.2) is 0 Å². The first-order valence-corrected chi connectivity index (χ1v) is 6.89. The van der Waals surface area contributed by atoms with Crippen molar-refractivity contribution in [2.75, 3.05) is 14.2 Å². The molecule has 0 spiro atoms. The molecule has 0 bridgehead atoms. The molecule has 2 aromatic rings. The first-order valence-electron chi connectivity index (χ1n) is 6.89. The van der Waals surface area contributed by atoms with Crippen molar-refractivity contribution in [1.82, 2.24) is 0 Å². The molecule has 1 aliphatic rings. The number of phenolic OH excluding ortho intramolecular Hbond substituents is 1. The maximum absolute atomic E-state index is 10.0. The summed E-state index contributed by atoms with van der Waals surface area (Å²) < 4.78 is 17.0. The van der Waals surface area contributed by atoms with Gasteiger partial charge in [0.05, 0.1) is 14.2 Å². The van der Waals surface area contributed by atoms with E-state index in [2.05, 4.69) is 0 Å². The third kappa shape index (κ3) is 2.17. The van der Waals surface area contributed by atoms with Gasteiger partial charge in [0.1, 0.15) is 17.2 Å². The zero-order valence-corrected chi connectivity index (χ0v) is 12.4. The number of fused-ring (bicyclic) bond motifs is 2. The highest BCUT2D eigenvalue weighted by Gasteiger charge is 2.23. The SMILES string of the molecule is COc1cc2c(c(OC)c1C)Oc1cccc(O)c1CC2. The maximum Gasteiger partial charge on any atom is 0.173 e. The molecule has 0 unspecified atom stereocenters. The fraction of sp³-hybridized carbons (Fsp3) is 0.294. The molecular weight excluding hydrogens is 268 g/mol. The largest absolute Gasteiger partial charge is 0.508 e. The van der Waals surface area contributed by atoms with Crippen LogP contribution in [0.2, 0.25) is 0 Å². The lowest BCUT2D eigenvalue weighted by Crippen LogP contribution is -1.99. The van der Waals surface area contributed by atoms with E-state index in [1.54, 1.807) is 26.4 Å². The van der Waals surface area contributed by atoms with E-state index in [-0.39, 0.29) is 5.75 Å². The van der Waals surface area contributed by atoms with E-state index in [1.165, 1.54) is 0 Å². The van der Waals surface area contributed by atoms with E-state index in [1.807, 2.05) is 19.1 Å². The molecule has 110 valence electrons. The molecule has 0 aliphatic carbocycles. The minimum absolute atomic E-state index is 0.267. The van der Waals surface area contributed by atoms with Crippen LogP contribution < -0.4 is 14.2 Å². The standard InChI is InChI=1S/C17H18O4/c1-10-15(19-2)9-11-7-8-12-13(18)5-4-6-14(12)21-17(11)16(10)20-3/h4-6,9,18H,7-8H2,1-3H3. The second-order valence-electron chi connectivity index (χ2n) is 5.08. The topological polar surface area (TPSA) is 47.9 Å². The van der Waals surface area contributed by atoms with Gasteiger partial charge in [-0.05, 0) is 38.0 Å². The van der Waals surface area contributed by atoms with Crippen molar-refractivity contribution in [2.24, 2.45) is 0 Å². The molecular formula is C17H18O4. The van der Waals surface area contributed by atoms with E-state index in [0.29, 0.717) is 23.7 Å². The summed E-state index contributed by atoms with van der Waals surface area (Å²) in [6, 6.07) is 7.31. The van der Waals surface area contributed by atoms with Crippen molar-refractivity contribution in [1.29, 1.82) is 0 Å². The molecule has 1 aliphatic heterocycles. The van der Waals surface area contributed by atoms with Crippen LogP contribution in [0.5, 0.6) is 28.7 Å².